The van der Waals surface area contributed by atoms with Crippen molar-refractivity contribution in [2.24, 2.45) is 0 Å². The summed E-state index contributed by atoms with van der Waals surface area (Å²) in [7, 11) is 1.89. The van der Waals surface area contributed by atoms with Crippen molar-refractivity contribution in [3.8, 4) is 24.3 Å². The van der Waals surface area contributed by atoms with E-state index in [9.17, 15) is 0 Å². The Morgan fingerprint density at radius 3 is 2.21 bits per heavy atom. The number of anilines is 2. The van der Waals surface area contributed by atoms with Gasteiger partial charge in [0.2, 0.25) is 0 Å². The molecule has 2 aromatic carbocycles. The molecule has 0 bridgehead atoms. The van der Waals surface area contributed by atoms with Crippen LogP contribution in [0.5, 0.6) is 11.5 Å². The van der Waals surface area contributed by atoms with Gasteiger partial charge in [-0.15, -0.1) is 12.8 Å². The molecule has 0 aliphatic carbocycles. The molecular weight excluding hydrogens is 408 g/mol. The van der Waals surface area contributed by atoms with Gasteiger partial charge in [0.15, 0.2) is 0 Å². The first kappa shape index (κ1) is 26.9. The summed E-state index contributed by atoms with van der Waals surface area (Å²) in [4.78, 5) is 0. The van der Waals surface area contributed by atoms with Gasteiger partial charge in [0.25, 0.3) is 0 Å². The summed E-state index contributed by atoms with van der Waals surface area (Å²) in [6.45, 7) is 8.51. The lowest BCUT2D eigenvalue weighted by molar-refractivity contribution is 0.363. The maximum atomic E-state index is 5.93. The Kier molecular flexibility index (Phi) is 12.8. The predicted octanol–water partition coefficient (Wildman–Crippen LogP) is 6.93. The lowest BCUT2D eigenvalue weighted by Gasteiger charge is -2.08. The average molecular weight is 443 g/mol. The van der Waals surface area contributed by atoms with Gasteiger partial charge in [-0.05, 0) is 91.2 Å². The molecule has 2 rings (SSSR count). The van der Waals surface area contributed by atoms with Gasteiger partial charge < -0.3 is 20.5 Å². The van der Waals surface area contributed by atoms with Gasteiger partial charge >= 0.3 is 0 Å². The zero-order chi connectivity index (χ0) is 24.5. The Hall–Kier alpha value is -4.10. The molecule has 0 spiro atoms. The Labute approximate surface area is 198 Å². The Balaban J connectivity index is 0.00000265. The molecule has 4 heteroatoms. The molecule has 4 nitrogen and oxygen atoms in total. The molecule has 0 saturated heterocycles. The molecule has 0 aromatic heterocycles. The van der Waals surface area contributed by atoms with Gasteiger partial charge in [0, 0.05) is 18.4 Å². The highest BCUT2D eigenvalue weighted by atomic mass is 16.5. The number of allylic oxidation sites excluding steroid dienone is 7. The van der Waals surface area contributed by atoms with E-state index in [0.29, 0.717) is 12.4 Å². The smallest absolute Gasteiger partial charge is 0.127 e. The highest BCUT2D eigenvalue weighted by Gasteiger charge is 2.01. The zero-order valence-corrected chi connectivity index (χ0v) is 19.8. The minimum Gasteiger partial charge on any atom is -0.490 e. The summed E-state index contributed by atoms with van der Waals surface area (Å²) in [5, 5.41) is 3.09. The van der Waals surface area contributed by atoms with Crippen LogP contribution >= 0.6 is 0 Å². The molecule has 0 radical (unpaired) electrons. The number of terminal acetylenes is 1. The lowest BCUT2D eigenvalue weighted by Crippen LogP contribution is -1.95. The van der Waals surface area contributed by atoms with Crippen molar-refractivity contribution in [2.75, 3.05) is 24.7 Å². The number of ether oxygens (including phenoxy) is 2. The van der Waals surface area contributed by atoms with Crippen molar-refractivity contribution in [1.82, 2.24) is 0 Å². The van der Waals surface area contributed by atoms with E-state index < -0.39 is 0 Å². The molecule has 0 fully saturated rings. The average Bonchev–Trinajstić information content (AvgIpc) is 2.87. The fourth-order valence-electron chi connectivity index (χ4n) is 2.84. The van der Waals surface area contributed by atoms with Crippen LogP contribution in [-0.4, -0.2) is 13.7 Å². The van der Waals surface area contributed by atoms with Gasteiger partial charge in [-0.25, -0.2) is 0 Å². The van der Waals surface area contributed by atoms with E-state index in [1.165, 1.54) is 5.57 Å². The fourth-order valence-corrected chi connectivity index (χ4v) is 2.84. The first-order valence-electron chi connectivity index (χ1n) is 10.7. The third-order valence-electron chi connectivity index (χ3n) is 4.62. The molecule has 0 unspecified atom stereocenters. The third-order valence-corrected chi connectivity index (χ3v) is 4.62. The monoisotopic (exact) mass is 442 g/mol. The highest BCUT2D eigenvalue weighted by molar-refractivity contribution is 5.47. The molecule has 0 amide bonds. The van der Waals surface area contributed by atoms with E-state index in [1.807, 2.05) is 74.7 Å². The van der Waals surface area contributed by atoms with E-state index in [-0.39, 0.29) is 0 Å². The van der Waals surface area contributed by atoms with E-state index in [2.05, 4.69) is 49.9 Å². The normalized spacial score (nSPS) is 12.0. The maximum absolute atomic E-state index is 5.93. The molecule has 3 N–H and O–H groups in total. The standard InChI is InChI=1S/C27H32N2O2.C2H2/c1-5-21(9-8-20-30-26-16-11-23(28)12-17-26)22(6-2)10-15-25(7-3)31-27-18-13-24(29-4)14-19-27;1-2/h5,7-19,29H,3,6,20,28H2,1-2,4H3;1-2H/b9-8-,21-5+,22-10+,25-15+;. The van der Waals surface area contributed by atoms with Crippen LogP contribution in [0.2, 0.25) is 0 Å². The summed E-state index contributed by atoms with van der Waals surface area (Å²) < 4.78 is 11.7. The number of nitrogens with two attached hydrogens (primary N) is 1. The minimum absolute atomic E-state index is 0.484. The molecule has 172 valence electrons. The largest absolute Gasteiger partial charge is 0.490 e. The van der Waals surface area contributed by atoms with Crippen molar-refractivity contribution in [3.05, 3.63) is 108 Å². The second-order valence-electron chi connectivity index (χ2n) is 6.72. The Morgan fingerprint density at radius 2 is 1.67 bits per heavy atom. The summed E-state index contributed by atoms with van der Waals surface area (Å²) >= 11 is 0. The first-order chi connectivity index (χ1) is 16.1. The SMILES string of the molecule is C#C.C=C\C(=C/C=C(CC)/C(/C=C\COc1ccc(N)cc1)=C/C)Oc1ccc(NC)cc1. The summed E-state index contributed by atoms with van der Waals surface area (Å²) in [6, 6.07) is 15.2. The van der Waals surface area contributed by atoms with Crippen LogP contribution in [0, 0.1) is 12.8 Å². The third kappa shape index (κ3) is 9.71. The van der Waals surface area contributed by atoms with Gasteiger partial charge in [-0.1, -0.05) is 31.7 Å². The van der Waals surface area contributed by atoms with Crippen LogP contribution in [0.1, 0.15) is 20.3 Å². The van der Waals surface area contributed by atoms with E-state index in [0.717, 1.165) is 34.9 Å². The summed E-state index contributed by atoms with van der Waals surface area (Å²) in [5.74, 6) is 2.25. The number of nitrogen functional groups attached to an aromatic ring is 1. The molecule has 0 heterocycles. The van der Waals surface area contributed by atoms with Gasteiger partial charge in [0.05, 0.1) is 0 Å². The van der Waals surface area contributed by atoms with E-state index >= 15 is 0 Å². The fraction of sp³-hybridized carbons (Fsp3) is 0.172. The lowest BCUT2D eigenvalue weighted by atomic mass is 10.0. The molecule has 0 atom stereocenters. The van der Waals surface area contributed by atoms with Gasteiger partial charge in [0.1, 0.15) is 23.9 Å². The zero-order valence-electron chi connectivity index (χ0n) is 19.8. The van der Waals surface area contributed by atoms with Crippen LogP contribution < -0.4 is 20.5 Å². The summed E-state index contributed by atoms with van der Waals surface area (Å²) in [5.41, 5.74) is 9.79. The number of rotatable bonds is 11. The number of hydrogen-bond donors (Lipinski definition) is 2. The number of nitrogens with one attached hydrogen (secondary N) is 1. The van der Waals surface area contributed by atoms with Crippen molar-refractivity contribution < 1.29 is 9.47 Å². The van der Waals surface area contributed by atoms with Gasteiger partial charge in [-0.3, -0.25) is 0 Å². The van der Waals surface area contributed by atoms with Crippen LogP contribution in [0.4, 0.5) is 11.4 Å². The second kappa shape index (κ2) is 15.7. The van der Waals surface area contributed by atoms with Crippen molar-refractivity contribution in [1.29, 1.82) is 0 Å². The Bertz CT molecular complexity index is 992. The second-order valence-corrected chi connectivity index (χ2v) is 6.72. The number of hydrogen-bond acceptors (Lipinski definition) is 4. The topological polar surface area (TPSA) is 56.5 Å². The van der Waals surface area contributed by atoms with E-state index in [1.54, 1.807) is 6.08 Å². The summed E-state index contributed by atoms with van der Waals surface area (Å²) in [6.07, 6.45) is 20.8. The Morgan fingerprint density at radius 1 is 1.03 bits per heavy atom. The molecular formula is C29H34N2O2. The molecule has 0 aliphatic heterocycles. The number of benzene rings is 2. The van der Waals surface area contributed by atoms with E-state index in [4.69, 9.17) is 15.2 Å². The molecule has 33 heavy (non-hydrogen) atoms. The van der Waals surface area contributed by atoms with Crippen molar-refractivity contribution in [2.45, 2.75) is 20.3 Å². The van der Waals surface area contributed by atoms with Crippen LogP contribution in [-0.2, 0) is 0 Å². The van der Waals surface area contributed by atoms with Crippen LogP contribution in [0.25, 0.3) is 0 Å². The van der Waals surface area contributed by atoms with Crippen molar-refractivity contribution >= 4 is 11.4 Å². The first-order valence-corrected chi connectivity index (χ1v) is 10.7. The van der Waals surface area contributed by atoms with Gasteiger partial charge in [-0.2, -0.15) is 0 Å². The molecule has 2 aromatic rings. The molecule has 0 aliphatic rings. The van der Waals surface area contributed by atoms with Crippen LogP contribution in [0.15, 0.2) is 108 Å². The van der Waals surface area contributed by atoms with Crippen molar-refractivity contribution in [3.63, 3.8) is 0 Å². The minimum atomic E-state index is 0.484. The van der Waals surface area contributed by atoms with Crippen LogP contribution in [0.3, 0.4) is 0 Å². The quantitative estimate of drug-likeness (QED) is 0.171. The molecule has 0 saturated carbocycles. The maximum Gasteiger partial charge on any atom is 0.127 e. The predicted molar refractivity (Wildman–Crippen MR) is 142 cm³/mol. The highest BCUT2D eigenvalue weighted by Crippen LogP contribution is 2.20.